The molecule has 4 heteroatoms. The largest absolute Gasteiger partial charge is 0.354 e. The van der Waals surface area contributed by atoms with E-state index in [1.807, 2.05) is 17.5 Å². The first kappa shape index (κ1) is 14.5. The van der Waals surface area contributed by atoms with E-state index < -0.39 is 0 Å². The zero-order valence-electron chi connectivity index (χ0n) is 12.8. The summed E-state index contributed by atoms with van der Waals surface area (Å²) in [6.07, 6.45) is 6.80. The van der Waals surface area contributed by atoms with Gasteiger partial charge >= 0.3 is 0 Å². The smallest absolute Gasteiger partial charge is 0.0797 e. The van der Waals surface area contributed by atoms with E-state index in [0.29, 0.717) is 6.17 Å². The fourth-order valence-electron chi connectivity index (χ4n) is 3.02. The Kier molecular flexibility index (Phi) is 4.56. The van der Waals surface area contributed by atoms with Crippen LogP contribution in [0.4, 0.5) is 5.69 Å². The van der Waals surface area contributed by atoms with E-state index in [2.05, 4.69) is 52.8 Å². The Hall–Kier alpha value is -1.39. The number of nitrogens with one attached hydrogen (secondary N) is 1. The fourth-order valence-corrected chi connectivity index (χ4v) is 3.74. The number of pyridine rings is 1. The summed E-state index contributed by atoms with van der Waals surface area (Å²) in [5.74, 6) is 0. The van der Waals surface area contributed by atoms with Gasteiger partial charge in [0, 0.05) is 24.0 Å². The van der Waals surface area contributed by atoms with Gasteiger partial charge in [-0.25, -0.2) is 0 Å². The summed E-state index contributed by atoms with van der Waals surface area (Å²) < 4.78 is 0. The second-order valence-electron chi connectivity index (χ2n) is 5.53. The highest BCUT2D eigenvalue weighted by atomic mass is 32.1. The van der Waals surface area contributed by atoms with Crippen molar-refractivity contribution in [3.8, 4) is 0 Å². The zero-order valence-corrected chi connectivity index (χ0v) is 13.6. The molecule has 0 saturated heterocycles. The van der Waals surface area contributed by atoms with Crippen LogP contribution in [0.1, 0.15) is 29.5 Å². The Morgan fingerprint density at radius 2 is 2.38 bits per heavy atom. The highest BCUT2D eigenvalue weighted by molar-refractivity contribution is 7.09. The second kappa shape index (κ2) is 6.58. The molecule has 3 rings (SSSR count). The monoisotopic (exact) mass is 301 g/mol. The van der Waals surface area contributed by atoms with Gasteiger partial charge in [-0.2, -0.15) is 0 Å². The van der Waals surface area contributed by atoms with Crippen LogP contribution < -0.4 is 10.2 Å². The molecule has 0 bridgehead atoms. The molecule has 0 radical (unpaired) electrons. The predicted octanol–water partition coefficient (Wildman–Crippen LogP) is 3.25. The maximum atomic E-state index is 4.64. The molecule has 0 fully saturated rings. The minimum absolute atomic E-state index is 0.391. The molecule has 1 aliphatic heterocycles. The summed E-state index contributed by atoms with van der Waals surface area (Å²) in [6.45, 7) is 3.26. The van der Waals surface area contributed by atoms with E-state index >= 15 is 0 Å². The van der Waals surface area contributed by atoms with Crippen LogP contribution in [0, 0.1) is 0 Å². The van der Waals surface area contributed by atoms with E-state index in [-0.39, 0.29) is 0 Å². The SMILES string of the molecule is CCc1cnc2c(c1)N(C(CCc1cccs1)NC)CC2. The van der Waals surface area contributed by atoms with Gasteiger partial charge in [-0.05, 0) is 49.4 Å². The third kappa shape index (κ3) is 3.11. The first-order valence-corrected chi connectivity index (χ1v) is 8.64. The van der Waals surface area contributed by atoms with E-state index in [4.69, 9.17) is 0 Å². The van der Waals surface area contributed by atoms with Crippen LogP contribution in [0.15, 0.2) is 29.8 Å². The maximum absolute atomic E-state index is 4.64. The summed E-state index contributed by atoms with van der Waals surface area (Å²) in [5, 5.41) is 5.65. The molecule has 3 nitrogen and oxygen atoms in total. The standard InChI is InChI=1S/C17H23N3S/c1-3-13-11-16-15(19-12-13)8-9-20(16)17(18-2)7-6-14-5-4-10-21-14/h4-5,10-12,17-18H,3,6-9H2,1-2H3. The van der Waals surface area contributed by atoms with Gasteiger partial charge in [-0.3, -0.25) is 4.98 Å². The van der Waals surface area contributed by atoms with Crippen molar-refractivity contribution in [2.24, 2.45) is 0 Å². The molecular formula is C17H23N3S. The van der Waals surface area contributed by atoms with Crippen LogP contribution >= 0.6 is 11.3 Å². The number of thiophene rings is 1. The highest BCUT2D eigenvalue weighted by Gasteiger charge is 2.26. The first-order chi connectivity index (χ1) is 10.3. The summed E-state index contributed by atoms with van der Waals surface area (Å²) in [6, 6.07) is 6.69. The lowest BCUT2D eigenvalue weighted by Gasteiger charge is -2.30. The van der Waals surface area contributed by atoms with Crippen LogP contribution in [-0.2, 0) is 19.3 Å². The number of hydrogen-bond acceptors (Lipinski definition) is 4. The van der Waals surface area contributed by atoms with Crippen molar-refractivity contribution in [3.05, 3.63) is 45.9 Å². The molecule has 1 N–H and O–H groups in total. The van der Waals surface area contributed by atoms with Crippen molar-refractivity contribution in [3.63, 3.8) is 0 Å². The number of anilines is 1. The minimum Gasteiger partial charge on any atom is -0.354 e. The Morgan fingerprint density at radius 3 is 3.10 bits per heavy atom. The van der Waals surface area contributed by atoms with Gasteiger partial charge in [0.2, 0.25) is 0 Å². The van der Waals surface area contributed by atoms with Gasteiger partial charge in [-0.15, -0.1) is 11.3 Å². The van der Waals surface area contributed by atoms with Crippen molar-refractivity contribution in [1.82, 2.24) is 10.3 Å². The number of rotatable bonds is 6. The van der Waals surface area contributed by atoms with Gasteiger partial charge in [0.05, 0.1) is 17.5 Å². The molecule has 0 spiro atoms. The van der Waals surface area contributed by atoms with Gasteiger partial charge in [0.25, 0.3) is 0 Å². The minimum atomic E-state index is 0.391. The average Bonchev–Trinajstić information content (AvgIpc) is 3.17. The van der Waals surface area contributed by atoms with Gasteiger partial charge in [-0.1, -0.05) is 13.0 Å². The molecule has 0 amide bonds. The topological polar surface area (TPSA) is 28.2 Å². The number of aromatic nitrogens is 1. The maximum Gasteiger partial charge on any atom is 0.0797 e. The lowest BCUT2D eigenvalue weighted by atomic mass is 10.1. The van der Waals surface area contributed by atoms with Gasteiger partial charge < -0.3 is 10.2 Å². The lowest BCUT2D eigenvalue weighted by molar-refractivity contribution is 0.502. The number of fused-ring (bicyclic) bond motifs is 1. The molecule has 2 aromatic rings. The van der Waals surface area contributed by atoms with Crippen molar-refractivity contribution < 1.29 is 0 Å². The van der Waals surface area contributed by atoms with E-state index in [0.717, 1.165) is 32.2 Å². The Balaban J connectivity index is 1.74. The summed E-state index contributed by atoms with van der Waals surface area (Å²) in [4.78, 5) is 8.60. The predicted molar refractivity (Wildman–Crippen MR) is 90.2 cm³/mol. The molecular weight excluding hydrogens is 278 g/mol. The van der Waals surface area contributed by atoms with E-state index in [1.54, 1.807) is 0 Å². The van der Waals surface area contributed by atoms with E-state index in [9.17, 15) is 0 Å². The summed E-state index contributed by atoms with van der Waals surface area (Å²) in [5.41, 5.74) is 3.91. The van der Waals surface area contributed by atoms with E-state index in [1.165, 1.54) is 21.8 Å². The number of hydrogen-bond donors (Lipinski definition) is 1. The molecule has 1 aliphatic rings. The van der Waals surface area contributed by atoms with Gasteiger partial charge in [0.1, 0.15) is 0 Å². The molecule has 0 aliphatic carbocycles. The molecule has 1 unspecified atom stereocenters. The van der Waals surface area contributed by atoms with Crippen LogP contribution in [0.25, 0.3) is 0 Å². The molecule has 3 heterocycles. The Labute approximate surface area is 131 Å². The van der Waals surface area contributed by atoms with Crippen LogP contribution in [0.5, 0.6) is 0 Å². The molecule has 112 valence electrons. The summed E-state index contributed by atoms with van der Waals surface area (Å²) >= 11 is 1.85. The fraction of sp³-hybridized carbons (Fsp3) is 0.471. The third-order valence-electron chi connectivity index (χ3n) is 4.26. The quantitative estimate of drug-likeness (QED) is 0.888. The number of nitrogens with zero attached hydrogens (tertiary/aromatic N) is 2. The molecule has 1 atom stereocenters. The molecule has 0 saturated carbocycles. The van der Waals surface area contributed by atoms with Crippen molar-refractivity contribution >= 4 is 17.0 Å². The Morgan fingerprint density at radius 1 is 1.48 bits per heavy atom. The molecule has 21 heavy (non-hydrogen) atoms. The highest BCUT2D eigenvalue weighted by Crippen LogP contribution is 2.29. The average molecular weight is 301 g/mol. The molecule has 2 aromatic heterocycles. The van der Waals surface area contributed by atoms with Crippen LogP contribution in [0.2, 0.25) is 0 Å². The first-order valence-electron chi connectivity index (χ1n) is 7.76. The second-order valence-corrected chi connectivity index (χ2v) is 6.56. The van der Waals surface area contributed by atoms with Gasteiger partial charge in [0.15, 0.2) is 0 Å². The Bertz CT molecular complexity index is 580. The third-order valence-corrected chi connectivity index (χ3v) is 5.20. The number of aryl methyl sites for hydroxylation is 2. The zero-order chi connectivity index (χ0) is 14.7. The normalized spacial score (nSPS) is 15.2. The van der Waals surface area contributed by atoms with Crippen molar-refractivity contribution in [2.45, 2.75) is 38.8 Å². The van der Waals surface area contributed by atoms with Crippen LogP contribution in [-0.4, -0.2) is 24.7 Å². The lowest BCUT2D eigenvalue weighted by Crippen LogP contribution is -2.43. The summed E-state index contributed by atoms with van der Waals surface area (Å²) in [7, 11) is 2.06. The van der Waals surface area contributed by atoms with Crippen molar-refractivity contribution in [1.29, 1.82) is 0 Å². The van der Waals surface area contributed by atoms with Crippen molar-refractivity contribution in [2.75, 3.05) is 18.5 Å². The molecule has 0 aromatic carbocycles. The van der Waals surface area contributed by atoms with Crippen LogP contribution in [0.3, 0.4) is 0 Å².